The average molecular weight is 442 g/mol. The number of pyridine rings is 1. The number of tetrazole rings is 1. The SMILES string of the molecule is CCc1cc(OCc2ccc(-c3ccccc3)c(-c3nn[nH]n3)c2)c2cccc(Cl)c2n1. The van der Waals surface area contributed by atoms with Crippen molar-refractivity contribution >= 4 is 22.5 Å². The predicted octanol–water partition coefficient (Wildman–Crippen LogP) is 5.88. The van der Waals surface area contributed by atoms with Gasteiger partial charge >= 0.3 is 0 Å². The summed E-state index contributed by atoms with van der Waals surface area (Å²) in [7, 11) is 0. The highest BCUT2D eigenvalue weighted by atomic mass is 35.5. The van der Waals surface area contributed by atoms with Crippen LogP contribution in [0.2, 0.25) is 5.02 Å². The molecule has 0 aliphatic heterocycles. The fourth-order valence-corrected chi connectivity index (χ4v) is 3.92. The third-order valence-corrected chi connectivity index (χ3v) is 5.62. The summed E-state index contributed by atoms with van der Waals surface area (Å²) in [4.78, 5) is 4.66. The van der Waals surface area contributed by atoms with Gasteiger partial charge in [0.05, 0.1) is 10.5 Å². The van der Waals surface area contributed by atoms with Crippen LogP contribution in [-0.2, 0) is 13.0 Å². The number of H-pyrrole nitrogens is 1. The molecule has 32 heavy (non-hydrogen) atoms. The van der Waals surface area contributed by atoms with Crippen molar-refractivity contribution in [2.75, 3.05) is 0 Å². The zero-order chi connectivity index (χ0) is 21.9. The molecule has 0 bridgehead atoms. The lowest BCUT2D eigenvalue weighted by Gasteiger charge is -2.13. The Morgan fingerprint density at radius 2 is 1.81 bits per heavy atom. The number of aryl methyl sites for hydroxylation is 1. The van der Waals surface area contributed by atoms with Crippen LogP contribution in [0.4, 0.5) is 0 Å². The van der Waals surface area contributed by atoms with E-state index in [9.17, 15) is 0 Å². The lowest BCUT2D eigenvalue weighted by molar-refractivity contribution is 0.309. The number of hydrogen-bond acceptors (Lipinski definition) is 5. The zero-order valence-corrected chi connectivity index (χ0v) is 18.2. The molecule has 0 aliphatic carbocycles. The summed E-state index contributed by atoms with van der Waals surface area (Å²) in [5.74, 6) is 1.31. The van der Waals surface area contributed by atoms with Gasteiger partial charge in [0, 0.05) is 22.7 Å². The number of para-hydroxylation sites is 1. The largest absolute Gasteiger partial charge is 0.488 e. The van der Waals surface area contributed by atoms with Gasteiger partial charge in [0.25, 0.3) is 0 Å². The van der Waals surface area contributed by atoms with Crippen LogP contribution in [-0.4, -0.2) is 25.6 Å². The number of halogens is 1. The summed E-state index contributed by atoms with van der Waals surface area (Å²) >= 11 is 6.39. The number of nitrogens with one attached hydrogen (secondary N) is 1. The minimum atomic E-state index is 0.384. The molecule has 7 heteroatoms. The Balaban J connectivity index is 1.51. The van der Waals surface area contributed by atoms with E-state index in [4.69, 9.17) is 16.3 Å². The van der Waals surface area contributed by atoms with Crippen LogP contribution in [0.3, 0.4) is 0 Å². The Bertz CT molecular complexity index is 1370. The maximum absolute atomic E-state index is 6.39. The highest BCUT2D eigenvalue weighted by Crippen LogP contribution is 2.33. The molecule has 158 valence electrons. The van der Waals surface area contributed by atoms with E-state index in [2.05, 4.69) is 56.8 Å². The minimum absolute atomic E-state index is 0.384. The van der Waals surface area contributed by atoms with Crippen molar-refractivity contribution in [1.29, 1.82) is 0 Å². The van der Waals surface area contributed by atoms with Gasteiger partial charge in [-0.2, -0.15) is 5.21 Å². The molecule has 1 N–H and O–H groups in total. The molecular formula is C25H20ClN5O. The van der Waals surface area contributed by atoms with E-state index < -0.39 is 0 Å². The Hall–Kier alpha value is -3.77. The van der Waals surface area contributed by atoms with Gasteiger partial charge in [0.1, 0.15) is 12.4 Å². The molecule has 5 aromatic rings. The molecule has 0 aliphatic rings. The molecule has 0 amide bonds. The van der Waals surface area contributed by atoms with Gasteiger partial charge < -0.3 is 4.74 Å². The number of benzene rings is 3. The molecule has 0 fully saturated rings. The molecule has 0 saturated heterocycles. The molecule has 3 aromatic carbocycles. The van der Waals surface area contributed by atoms with Gasteiger partial charge in [-0.05, 0) is 46.5 Å². The predicted molar refractivity (Wildman–Crippen MR) is 126 cm³/mol. The summed E-state index contributed by atoms with van der Waals surface area (Å²) < 4.78 is 6.26. The third-order valence-electron chi connectivity index (χ3n) is 5.32. The number of aromatic nitrogens is 5. The molecular weight excluding hydrogens is 422 g/mol. The average Bonchev–Trinajstić information content (AvgIpc) is 3.38. The maximum atomic E-state index is 6.39. The first-order valence-electron chi connectivity index (χ1n) is 10.4. The molecule has 0 radical (unpaired) electrons. The van der Waals surface area contributed by atoms with Gasteiger partial charge in [-0.25, -0.2) is 0 Å². The van der Waals surface area contributed by atoms with Crippen LogP contribution < -0.4 is 4.74 Å². The van der Waals surface area contributed by atoms with Crippen LogP contribution in [0.5, 0.6) is 5.75 Å². The van der Waals surface area contributed by atoms with E-state index in [0.29, 0.717) is 17.5 Å². The first-order chi connectivity index (χ1) is 15.7. The second-order valence-corrected chi connectivity index (χ2v) is 7.78. The second-order valence-electron chi connectivity index (χ2n) is 7.37. The molecule has 2 heterocycles. The number of nitrogens with zero attached hydrogens (tertiary/aromatic N) is 4. The van der Waals surface area contributed by atoms with E-state index in [1.54, 1.807) is 0 Å². The van der Waals surface area contributed by atoms with E-state index in [1.165, 1.54) is 0 Å². The maximum Gasteiger partial charge on any atom is 0.205 e. The van der Waals surface area contributed by atoms with E-state index >= 15 is 0 Å². The smallest absolute Gasteiger partial charge is 0.205 e. The molecule has 5 rings (SSSR count). The summed E-state index contributed by atoms with van der Waals surface area (Å²) in [6.45, 7) is 2.45. The van der Waals surface area contributed by atoms with Crippen molar-refractivity contribution < 1.29 is 4.74 Å². The zero-order valence-electron chi connectivity index (χ0n) is 17.4. The number of aromatic amines is 1. The summed E-state index contributed by atoms with van der Waals surface area (Å²) in [5.41, 5.74) is 5.70. The van der Waals surface area contributed by atoms with Gasteiger partial charge in [-0.3, -0.25) is 4.98 Å². The van der Waals surface area contributed by atoms with Crippen LogP contribution in [0, 0.1) is 0 Å². The lowest BCUT2D eigenvalue weighted by Crippen LogP contribution is -2.00. The summed E-state index contributed by atoms with van der Waals surface area (Å²) in [5, 5.41) is 16.2. The Labute approximate surface area is 190 Å². The monoisotopic (exact) mass is 441 g/mol. The van der Waals surface area contributed by atoms with E-state index in [1.807, 2.05) is 48.5 Å². The third kappa shape index (κ3) is 3.92. The topological polar surface area (TPSA) is 76.6 Å². The van der Waals surface area contributed by atoms with Gasteiger partial charge in [0.15, 0.2) is 0 Å². The first-order valence-corrected chi connectivity index (χ1v) is 10.7. The van der Waals surface area contributed by atoms with Crippen LogP contribution in [0.15, 0.2) is 72.8 Å². The van der Waals surface area contributed by atoms with Gasteiger partial charge in [-0.15, -0.1) is 10.2 Å². The first kappa shape index (κ1) is 20.2. The normalized spacial score (nSPS) is 11.1. The fourth-order valence-electron chi connectivity index (χ4n) is 3.71. The lowest BCUT2D eigenvalue weighted by atomic mass is 9.97. The van der Waals surface area contributed by atoms with E-state index in [-0.39, 0.29) is 0 Å². The van der Waals surface area contributed by atoms with E-state index in [0.717, 1.165) is 51.0 Å². The van der Waals surface area contributed by atoms with Crippen molar-refractivity contribution in [3.63, 3.8) is 0 Å². The fraction of sp³-hybridized carbons (Fsp3) is 0.120. The Morgan fingerprint density at radius 1 is 0.938 bits per heavy atom. The second kappa shape index (κ2) is 8.77. The highest BCUT2D eigenvalue weighted by Gasteiger charge is 2.14. The molecule has 2 aromatic heterocycles. The number of ether oxygens (including phenoxy) is 1. The van der Waals surface area contributed by atoms with Crippen molar-refractivity contribution in [3.8, 4) is 28.3 Å². The number of fused-ring (bicyclic) bond motifs is 1. The standard InChI is InChI=1S/C25H20ClN5O/c1-2-18-14-23(20-9-6-10-22(26)24(20)27-18)32-15-16-11-12-19(17-7-4-3-5-8-17)21(13-16)25-28-30-31-29-25/h3-14H,2,15H2,1H3,(H,28,29,30,31). The molecule has 0 atom stereocenters. The summed E-state index contributed by atoms with van der Waals surface area (Å²) in [6, 6.07) is 24.0. The van der Waals surface area contributed by atoms with Crippen molar-refractivity contribution in [1.82, 2.24) is 25.6 Å². The minimum Gasteiger partial charge on any atom is -0.488 e. The van der Waals surface area contributed by atoms with Crippen molar-refractivity contribution in [3.05, 3.63) is 89.1 Å². The molecule has 6 nitrogen and oxygen atoms in total. The van der Waals surface area contributed by atoms with Gasteiger partial charge in [0.2, 0.25) is 5.82 Å². The van der Waals surface area contributed by atoms with Gasteiger partial charge in [-0.1, -0.05) is 67.1 Å². The Kier molecular flexibility index (Phi) is 5.52. The van der Waals surface area contributed by atoms with Crippen molar-refractivity contribution in [2.24, 2.45) is 0 Å². The number of hydrogen-bond donors (Lipinski definition) is 1. The van der Waals surface area contributed by atoms with Crippen LogP contribution in [0.1, 0.15) is 18.2 Å². The summed E-state index contributed by atoms with van der Waals surface area (Å²) in [6.07, 6.45) is 0.797. The molecule has 0 unspecified atom stereocenters. The number of rotatable bonds is 6. The molecule has 0 spiro atoms. The molecule has 0 saturated carbocycles. The van der Waals surface area contributed by atoms with Crippen molar-refractivity contribution in [2.45, 2.75) is 20.0 Å². The van der Waals surface area contributed by atoms with Crippen LogP contribution >= 0.6 is 11.6 Å². The quantitative estimate of drug-likeness (QED) is 0.356. The van der Waals surface area contributed by atoms with Crippen LogP contribution in [0.25, 0.3) is 33.4 Å². The Morgan fingerprint density at radius 3 is 2.59 bits per heavy atom. The highest BCUT2D eigenvalue weighted by molar-refractivity contribution is 6.35.